The maximum atomic E-state index is 12.3. The monoisotopic (exact) mass is 375 g/mol. The van der Waals surface area contributed by atoms with Crippen molar-refractivity contribution >= 4 is 15.8 Å². The summed E-state index contributed by atoms with van der Waals surface area (Å²) in [5.74, 6) is 1.29. The molecule has 138 valence electrons. The van der Waals surface area contributed by atoms with Gasteiger partial charge < -0.3 is 9.47 Å². The molecule has 0 unspecified atom stereocenters. The Morgan fingerprint density at radius 3 is 2.35 bits per heavy atom. The van der Waals surface area contributed by atoms with E-state index in [1.54, 1.807) is 32.4 Å². The van der Waals surface area contributed by atoms with Crippen LogP contribution < -0.4 is 9.47 Å². The number of methoxy groups -OCH3 is 2. The van der Waals surface area contributed by atoms with E-state index in [9.17, 15) is 8.42 Å². The molecule has 0 radical (unpaired) electrons. The number of aryl methyl sites for hydroxylation is 1. The van der Waals surface area contributed by atoms with Crippen LogP contribution in [-0.4, -0.2) is 28.3 Å². The first-order chi connectivity index (χ1) is 12.5. The number of rotatable bonds is 5. The van der Waals surface area contributed by atoms with E-state index in [0.29, 0.717) is 23.6 Å². The van der Waals surface area contributed by atoms with Crippen molar-refractivity contribution in [2.75, 3.05) is 14.2 Å². The third-order valence-electron chi connectivity index (χ3n) is 4.35. The molecule has 6 nitrogen and oxygen atoms in total. The van der Waals surface area contributed by atoms with Gasteiger partial charge in [-0.05, 0) is 50.5 Å². The molecule has 0 spiro atoms. The highest BCUT2D eigenvalue weighted by Gasteiger charge is 2.24. The molecule has 0 saturated carbocycles. The zero-order chi connectivity index (χ0) is 18.7. The molecular weight excluding hydrogens is 354 g/mol. The molecule has 0 fully saturated rings. The van der Waals surface area contributed by atoms with E-state index >= 15 is 0 Å². The standard InChI is InChI=1S/C19H21NO5S/c1-13-7-9-14(10-8-13)26(21,22)25-20-17-6-4-5-16-15(17)11-12-18(23-2)19(16)24-3/h7-12H,4-6H2,1-3H3. The molecule has 3 rings (SSSR count). The zero-order valence-corrected chi connectivity index (χ0v) is 15.8. The molecule has 2 aromatic carbocycles. The lowest BCUT2D eigenvalue weighted by Crippen LogP contribution is -2.15. The topological polar surface area (TPSA) is 74.2 Å². The second-order valence-electron chi connectivity index (χ2n) is 6.06. The molecule has 0 bridgehead atoms. The van der Waals surface area contributed by atoms with Gasteiger partial charge in [-0.3, -0.25) is 4.28 Å². The van der Waals surface area contributed by atoms with Crippen molar-refractivity contribution < 1.29 is 22.2 Å². The Balaban J connectivity index is 1.93. The quantitative estimate of drug-likeness (QED) is 0.748. The van der Waals surface area contributed by atoms with Gasteiger partial charge in [0.25, 0.3) is 0 Å². The molecular formula is C19H21NO5S. The van der Waals surface area contributed by atoms with Crippen molar-refractivity contribution in [3.8, 4) is 11.5 Å². The van der Waals surface area contributed by atoms with E-state index in [0.717, 1.165) is 29.5 Å². The second-order valence-corrected chi connectivity index (χ2v) is 7.59. The first-order valence-electron chi connectivity index (χ1n) is 8.27. The normalized spacial score (nSPS) is 15.4. The number of hydrogen-bond acceptors (Lipinski definition) is 6. The highest BCUT2D eigenvalue weighted by molar-refractivity contribution is 7.86. The van der Waals surface area contributed by atoms with Crippen LogP contribution in [0.1, 0.15) is 29.5 Å². The van der Waals surface area contributed by atoms with Crippen molar-refractivity contribution in [2.24, 2.45) is 5.16 Å². The Hall–Kier alpha value is -2.54. The Bertz CT molecular complexity index is 933. The van der Waals surface area contributed by atoms with Gasteiger partial charge in [-0.1, -0.05) is 22.9 Å². The van der Waals surface area contributed by atoms with Crippen LogP contribution in [0.25, 0.3) is 0 Å². The summed E-state index contributed by atoms with van der Waals surface area (Å²) in [6, 6.07) is 10.1. The van der Waals surface area contributed by atoms with E-state index < -0.39 is 10.1 Å². The second kappa shape index (κ2) is 7.37. The van der Waals surface area contributed by atoms with Gasteiger partial charge in [0.2, 0.25) is 0 Å². The van der Waals surface area contributed by atoms with Gasteiger partial charge in [0.15, 0.2) is 11.5 Å². The van der Waals surface area contributed by atoms with Gasteiger partial charge in [0, 0.05) is 11.1 Å². The first-order valence-corrected chi connectivity index (χ1v) is 9.68. The summed E-state index contributed by atoms with van der Waals surface area (Å²) in [6.07, 6.45) is 2.26. The Morgan fingerprint density at radius 1 is 0.962 bits per heavy atom. The molecule has 0 saturated heterocycles. The lowest BCUT2D eigenvalue weighted by Gasteiger charge is -2.21. The van der Waals surface area contributed by atoms with Crippen LogP contribution in [0, 0.1) is 6.92 Å². The minimum absolute atomic E-state index is 0.0794. The molecule has 0 aromatic heterocycles. The van der Waals surface area contributed by atoms with E-state index in [1.807, 2.05) is 13.0 Å². The highest BCUT2D eigenvalue weighted by Crippen LogP contribution is 2.37. The molecule has 0 amide bonds. The summed E-state index contributed by atoms with van der Waals surface area (Å²) in [7, 11) is -0.783. The smallest absolute Gasteiger partial charge is 0.358 e. The molecule has 0 aliphatic heterocycles. The summed E-state index contributed by atoms with van der Waals surface area (Å²) in [6.45, 7) is 1.89. The van der Waals surface area contributed by atoms with Crippen molar-refractivity contribution in [2.45, 2.75) is 31.1 Å². The number of nitrogens with zero attached hydrogens (tertiary/aromatic N) is 1. The van der Waals surface area contributed by atoms with Gasteiger partial charge in [0.05, 0.1) is 19.9 Å². The van der Waals surface area contributed by atoms with E-state index in [4.69, 9.17) is 13.8 Å². The fourth-order valence-electron chi connectivity index (χ4n) is 3.01. The largest absolute Gasteiger partial charge is 0.493 e. The molecule has 0 atom stereocenters. The average molecular weight is 375 g/mol. The summed E-state index contributed by atoms with van der Waals surface area (Å²) in [5.41, 5.74) is 3.33. The number of benzene rings is 2. The molecule has 0 heterocycles. The minimum Gasteiger partial charge on any atom is -0.493 e. The lowest BCUT2D eigenvalue weighted by molar-refractivity contribution is 0.336. The van der Waals surface area contributed by atoms with Crippen LogP contribution in [0.15, 0.2) is 46.4 Å². The average Bonchev–Trinajstić information content (AvgIpc) is 2.65. The number of fused-ring (bicyclic) bond motifs is 1. The zero-order valence-electron chi connectivity index (χ0n) is 15.0. The number of hydrogen-bond donors (Lipinski definition) is 0. The molecule has 1 aliphatic carbocycles. The van der Waals surface area contributed by atoms with Crippen LogP contribution >= 0.6 is 0 Å². The molecule has 26 heavy (non-hydrogen) atoms. The Morgan fingerprint density at radius 2 is 1.69 bits per heavy atom. The predicted molar refractivity (Wildman–Crippen MR) is 98.5 cm³/mol. The SMILES string of the molecule is COc1ccc2c(c1OC)CCCC2=NOS(=O)(=O)c1ccc(C)cc1. The highest BCUT2D eigenvalue weighted by atomic mass is 32.2. The minimum atomic E-state index is -3.95. The Kier molecular flexibility index (Phi) is 5.18. The maximum absolute atomic E-state index is 12.3. The van der Waals surface area contributed by atoms with Crippen molar-refractivity contribution in [1.29, 1.82) is 0 Å². The summed E-state index contributed by atoms with van der Waals surface area (Å²) >= 11 is 0. The summed E-state index contributed by atoms with van der Waals surface area (Å²) in [4.78, 5) is 0.0794. The van der Waals surface area contributed by atoms with Crippen LogP contribution in [0.4, 0.5) is 0 Å². The maximum Gasteiger partial charge on any atom is 0.358 e. The first kappa shape index (κ1) is 18.3. The number of ether oxygens (including phenoxy) is 2. The van der Waals surface area contributed by atoms with Gasteiger partial charge in [-0.2, -0.15) is 8.42 Å². The van der Waals surface area contributed by atoms with Crippen LogP contribution in [-0.2, 0) is 20.8 Å². The number of oxime groups is 1. The lowest BCUT2D eigenvalue weighted by atomic mass is 9.89. The molecule has 2 aromatic rings. The molecule has 0 N–H and O–H groups in total. The van der Waals surface area contributed by atoms with E-state index in [2.05, 4.69) is 5.16 Å². The van der Waals surface area contributed by atoms with Gasteiger partial charge in [0.1, 0.15) is 4.90 Å². The van der Waals surface area contributed by atoms with Crippen molar-refractivity contribution in [1.82, 2.24) is 0 Å². The Labute approximate surface area is 153 Å². The summed E-state index contributed by atoms with van der Waals surface area (Å²) < 4.78 is 40.5. The van der Waals surface area contributed by atoms with Crippen LogP contribution in [0.3, 0.4) is 0 Å². The van der Waals surface area contributed by atoms with Crippen molar-refractivity contribution in [3.05, 3.63) is 53.1 Å². The third-order valence-corrected chi connectivity index (χ3v) is 5.48. The van der Waals surface area contributed by atoms with Gasteiger partial charge in [-0.25, -0.2) is 0 Å². The fourth-order valence-corrected chi connectivity index (χ4v) is 3.76. The van der Waals surface area contributed by atoms with Gasteiger partial charge >= 0.3 is 10.1 Å². The van der Waals surface area contributed by atoms with Crippen molar-refractivity contribution in [3.63, 3.8) is 0 Å². The third kappa shape index (κ3) is 3.53. The molecule has 7 heteroatoms. The molecule has 1 aliphatic rings. The fraction of sp³-hybridized carbons (Fsp3) is 0.316. The summed E-state index contributed by atoms with van der Waals surface area (Å²) in [5, 5.41) is 3.96. The predicted octanol–water partition coefficient (Wildman–Crippen LogP) is 3.46. The van der Waals surface area contributed by atoms with E-state index in [1.165, 1.54) is 12.1 Å². The van der Waals surface area contributed by atoms with Gasteiger partial charge in [-0.15, -0.1) is 0 Å². The van der Waals surface area contributed by atoms with Crippen LogP contribution in [0.5, 0.6) is 11.5 Å². The van der Waals surface area contributed by atoms with Crippen LogP contribution in [0.2, 0.25) is 0 Å². The van der Waals surface area contributed by atoms with E-state index in [-0.39, 0.29) is 4.90 Å².